The number of methoxy groups -OCH3 is 1. The number of rotatable bonds is 8. The second-order valence-electron chi connectivity index (χ2n) is 7.32. The molecule has 1 heterocycles. The van der Waals surface area contributed by atoms with Gasteiger partial charge in [-0.1, -0.05) is 28.1 Å². The fourth-order valence-electron chi connectivity index (χ4n) is 3.25. The second kappa shape index (κ2) is 10.9. The first-order valence-corrected chi connectivity index (χ1v) is 12.1. The summed E-state index contributed by atoms with van der Waals surface area (Å²) >= 11 is 5.58. The molecule has 0 unspecified atom stereocenters. The van der Waals surface area contributed by atoms with E-state index in [9.17, 15) is 9.59 Å². The van der Waals surface area contributed by atoms with Gasteiger partial charge in [0.2, 0.25) is 0 Å². The summed E-state index contributed by atoms with van der Waals surface area (Å²) in [7, 11) is 1.51. The molecule has 4 rings (SSSR count). The first-order valence-electron chi connectivity index (χ1n) is 10.2. The number of carbonyl (C=O) groups is 2. The Labute approximate surface area is 222 Å². The van der Waals surface area contributed by atoms with E-state index < -0.39 is 11.9 Å². The van der Waals surface area contributed by atoms with E-state index >= 15 is 0 Å². The van der Waals surface area contributed by atoms with Gasteiger partial charge in [0.15, 0.2) is 17.3 Å². The fraction of sp³-hybridized carbons (Fsp3) is 0.0800. The number of hydrazone groups is 1. The van der Waals surface area contributed by atoms with E-state index in [1.165, 1.54) is 19.4 Å². The molecule has 0 radical (unpaired) electrons. The molecule has 8 nitrogen and oxygen atoms in total. The maximum Gasteiger partial charge on any atom is 0.335 e. The number of carbonyl (C=O) groups excluding carboxylic acids is 1. The summed E-state index contributed by atoms with van der Waals surface area (Å²) in [5, 5.41) is 13.9. The number of halogens is 2. The molecule has 0 saturated carbocycles. The van der Waals surface area contributed by atoms with Gasteiger partial charge in [-0.2, -0.15) is 5.10 Å². The Hall–Kier alpha value is -3.38. The Morgan fingerprint density at radius 2 is 1.97 bits per heavy atom. The molecule has 0 bridgehead atoms. The molecule has 0 saturated heterocycles. The lowest BCUT2D eigenvalue weighted by molar-refractivity contribution is 0.0696. The van der Waals surface area contributed by atoms with Crippen molar-refractivity contribution < 1.29 is 28.6 Å². The Kier molecular flexibility index (Phi) is 7.71. The Balaban J connectivity index is 1.41. The van der Waals surface area contributed by atoms with Crippen LogP contribution in [0.15, 0.2) is 74.7 Å². The van der Waals surface area contributed by atoms with Crippen LogP contribution in [0.25, 0.3) is 11.0 Å². The number of benzene rings is 3. The average Bonchev–Trinajstić information content (AvgIpc) is 3.28. The highest BCUT2D eigenvalue weighted by molar-refractivity contribution is 14.1. The Morgan fingerprint density at radius 3 is 2.74 bits per heavy atom. The van der Waals surface area contributed by atoms with Crippen LogP contribution in [0.5, 0.6) is 11.5 Å². The van der Waals surface area contributed by atoms with Crippen molar-refractivity contribution in [3.05, 3.63) is 91.2 Å². The lowest BCUT2D eigenvalue weighted by Crippen LogP contribution is -2.16. The van der Waals surface area contributed by atoms with Crippen LogP contribution in [-0.4, -0.2) is 30.3 Å². The number of nitrogens with zero attached hydrogens (tertiary/aromatic N) is 1. The van der Waals surface area contributed by atoms with Crippen molar-refractivity contribution in [2.24, 2.45) is 5.10 Å². The Morgan fingerprint density at radius 1 is 1.14 bits per heavy atom. The highest BCUT2D eigenvalue weighted by Crippen LogP contribution is 2.29. The highest BCUT2D eigenvalue weighted by Gasteiger charge is 2.14. The van der Waals surface area contributed by atoms with E-state index in [4.69, 9.17) is 19.0 Å². The molecule has 178 valence electrons. The zero-order valence-electron chi connectivity index (χ0n) is 18.2. The summed E-state index contributed by atoms with van der Waals surface area (Å²) < 4.78 is 18.7. The normalized spacial score (nSPS) is 11.1. The van der Waals surface area contributed by atoms with Crippen LogP contribution in [0.3, 0.4) is 0 Å². The standard InChI is InChI=1S/C25H18BrIN2O6/c1-33-21-8-14(5-6-20(21)34-13-15-3-2-4-16(7-15)25(31)32)12-28-29-24(30)22-10-17-9-18(26)11-19(27)23(17)35-22/h2-12H,13H2,1H3,(H,29,30)(H,31,32)/b28-12-. The lowest BCUT2D eigenvalue weighted by Gasteiger charge is -2.11. The molecule has 3 aromatic carbocycles. The van der Waals surface area contributed by atoms with Crippen LogP contribution in [0.1, 0.15) is 32.0 Å². The van der Waals surface area contributed by atoms with Gasteiger partial charge in [-0.15, -0.1) is 0 Å². The van der Waals surface area contributed by atoms with Gasteiger partial charge in [0.25, 0.3) is 0 Å². The third-order valence-electron chi connectivity index (χ3n) is 4.90. The van der Waals surface area contributed by atoms with Crippen molar-refractivity contribution in [2.75, 3.05) is 7.11 Å². The molecule has 2 N–H and O–H groups in total. The van der Waals surface area contributed by atoms with Crippen molar-refractivity contribution in [1.29, 1.82) is 0 Å². The molecule has 0 aliphatic heterocycles. The summed E-state index contributed by atoms with van der Waals surface area (Å²) in [5.41, 5.74) is 4.67. The minimum Gasteiger partial charge on any atom is -0.493 e. The second-order valence-corrected chi connectivity index (χ2v) is 9.40. The molecule has 0 atom stereocenters. The van der Waals surface area contributed by atoms with E-state index in [1.54, 1.807) is 42.5 Å². The minimum absolute atomic E-state index is 0.154. The SMILES string of the molecule is COc1cc(/C=N\NC(=O)c2cc3cc(Br)cc(I)c3o2)ccc1OCc1cccc(C(=O)O)c1. The van der Waals surface area contributed by atoms with E-state index in [-0.39, 0.29) is 17.9 Å². The number of carboxylic acids is 1. The fourth-order valence-corrected chi connectivity index (χ4v) is 4.91. The number of amides is 1. The van der Waals surface area contributed by atoms with E-state index in [1.807, 2.05) is 12.1 Å². The molecular formula is C25H18BrIN2O6. The van der Waals surface area contributed by atoms with Gasteiger partial charge < -0.3 is 19.0 Å². The summed E-state index contributed by atoms with van der Waals surface area (Å²) in [4.78, 5) is 23.6. The third-order valence-corrected chi connectivity index (χ3v) is 6.15. The predicted octanol–water partition coefficient (Wildman–Crippen LogP) is 5.85. The molecule has 1 amide bonds. The van der Waals surface area contributed by atoms with E-state index in [0.29, 0.717) is 28.2 Å². The van der Waals surface area contributed by atoms with Crippen molar-refractivity contribution in [3.63, 3.8) is 0 Å². The molecule has 0 aliphatic carbocycles. The van der Waals surface area contributed by atoms with Gasteiger partial charge in [-0.25, -0.2) is 10.2 Å². The first-order chi connectivity index (χ1) is 16.8. The summed E-state index contributed by atoms with van der Waals surface area (Å²) in [6.07, 6.45) is 1.48. The largest absolute Gasteiger partial charge is 0.493 e. The molecule has 4 aromatic rings. The minimum atomic E-state index is -0.997. The number of carboxylic acid groups (broad SMARTS) is 1. The van der Waals surface area contributed by atoms with E-state index in [2.05, 4.69) is 49.0 Å². The number of furan rings is 1. The van der Waals surface area contributed by atoms with Crippen LogP contribution in [0, 0.1) is 3.57 Å². The molecule has 1 aromatic heterocycles. The number of hydrogen-bond donors (Lipinski definition) is 2. The number of hydrogen-bond acceptors (Lipinski definition) is 6. The van der Waals surface area contributed by atoms with Crippen molar-refractivity contribution >= 4 is 67.6 Å². The monoisotopic (exact) mass is 648 g/mol. The van der Waals surface area contributed by atoms with Gasteiger partial charge in [-0.05, 0) is 82.2 Å². The number of aromatic carboxylic acids is 1. The maximum atomic E-state index is 12.4. The summed E-state index contributed by atoms with van der Waals surface area (Å²) in [5.74, 6) is -0.366. The number of fused-ring (bicyclic) bond motifs is 1. The maximum absolute atomic E-state index is 12.4. The van der Waals surface area contributed by atoms with Crippen LogP contribution in [-0.2, 0) is 6.61 Å². The van der Waals surface area contributed by atoms with Crippen molar-refractivity contribution in [2.45, 2.75) is 6.61 Å². The average molecular weight is 649 g/mol. The predicted molar refractivity (Wildman–Crippen MR) is 142 cm³/mol. The molecule has 0 fully saturated rings. The molecule has 35 heavy (non-hydrogen) atoms. The van der Waals surface area contributed by atoms with Crippen LogP contribution >= 0.6 is 38.5 Å². The zero-order chi connectivity index (χ0) is 24.9. The highest BCUT2D eigenvalue weighted by atomic mass is 127. The van der Waals surface area contributed by atoms with Crippen LogP contribution < -0.4 is 14.9 Å². The van der Waals surface area contributed by atoms with Gasteiger partial charge >= 0.3 is 11.9 Å². The molecule has 0 aliphatic rings. The Bertz CT molecular complexity index is 1450. The van der Waals surface area contributed by atoms with Gasteiger partial charge in [0.05, 0.1) is 22.5 Å². The van der Waals surface area contributed by atoms with E-state index in [0.717, 1.165) is 13.4 Å². The van der Waals surface area contributed by atoms with Crippen molar-refractivity contribution in [3.8, 4) is 11.5 Å². The smallest absolute Gasteiger partial charge is 0.335 e. The van der Waals surface area contributed by atoms with Crippen LogP contribution in [0.4, 0.5) is 0 Å². The zero-order valence-corrected chi connectivity index (χ0v) is 22.0. The molecule has 0 spiro atoms. The van der Waals surface area contributed by atoms with Gasteiger partial charge in [-0.3, -0.25) is 4.79 Å². The third kappa shape index (κ3) is 6.01. The lowest BCUT2D eigenvalue weighted by atomic mass is 10.1. The first kappa shape index (κ1) is 24.7. The number of nitrogens with one attached hydrogen (secondary N) is 1. The summed E-state index contributed by atoms with van der Waals surface area (Å²) in [6.45, 7) is 0.175. The molecule has 10 heteroatoms. The molecular weight excluding hydrogens is 631 g/mol. The quantitative estimate of drug-likeness (QED) is 0.141. The van der Waals surface area contributed by atoms with Gasteiger partial charge in [0, 0.05) is 9.86 Å². The summed E-state index contributed by atoms with van der Waals surface area (Å²) in [6, 6.07) is 17.1. The van der Waals surface area contributed by atoms with Crippen LogP contribution in [0.2, 0.25) is 0 Å². The number of ether oxygens (including phenoxy) is 2. The topological polar surface area (TPSA) is 110 Å². The van der Waals surface area contributed by atoms with Gasteiger partial charge in [0.1, 0.15) is 12.2 Å². The van der Waals surface area contributed by atoms with Crippen molar-refractivity contribution in [1.82, 2.24) is 5.43 Å².